The molecule has 2 aromatic rings. The van der Waals surface area contributed by atoms with E-state index in [1.165, 1.54) is 12.2 Å². The summed E-state index contributed by atoms with van der Waals surface area (Å²) in [6.07, 6.45) is 3.00. The number of anilines is 1. The van der Waals surface area contributed by atoms with Crippen LogP contribution in [-0.2, 0) is 35.3 Å². The molecule has 0 atom stereocenters. The van der Waals surface area contributed by atoms with Crippen molar-refractivity contribution in [1.82, 2.24) is 15.5 Å². The summed E-state index contributed by atoms with van der Waals surface area (Å²) in [7, 11) is 0. The second kappa shape index (κ2) is 14.4. The maximum absolute atomic E-state index is 13.4. The van der Waals surface area contributed by atoms with E-state index in [0.29, 0.717) is 19.5 Å². The van der Waals surface area contributed by atoms with Gasteiger partial charge in [0, 0.05) is 55.8 Å². The quantitative estimate of drug-likeness (QED) is 0.265. The number of nitrogens with zero attached hydrogens (tertiary/aromatic N) is 2. The lowest BCUT2D eigenvalue weighted by Crippen LogP contribution is -2.44. The number of nitrogens with one attached hydrogen (secondary N) is 2. The molecule has 0 spiro atoms. The fourth-order valence-corrected chi connectivity index (χ4v) is 4.83. The minimum atomic E-state index is -0.867. The van der Waals surface area contributed by atoms with Gasteiger partial charge in [0.15, 0.2) is 0 Å². The maximum Gasteiger partial charge on any atom is 0.253 e. The summed E-state index contributed by atoms with van der Waals surface area (Å²) in [5, 5.41) is 5.68. The standard InChI is InChI=1S/C35H40N4O6/c1-34(2,24-45-35(3,4)19-21-36-29(40)18-22-38-30(41)15-16-31(38)42)33(44)37-20-17-32(43)39-23-27-11-6-5-9-25(27)13-14-26-10-7-8-12-28(26)39/h5-12,15-16H,17-24H2,1-4H3,(H,36,40)(H,37,44). The van der Waals surface area contributed by atoms with Crippen LogP contribution in [0.3, 0.4) is 0 Å². The largest absolute Gasteiger partial charge is 0.374 e. The average Bonchev–Trinajstić information content (AvgIpc) is 3.32. The van der Waals surface area contributed by atoms with E-state index in [9.17, 15) is 24.0 Å². The molecule has 2 aliphatic rings. The molecule has 2 aromatic carbocycles. The number of carbonyl (C=O) groups excluding carboxylic acids is 5. The van der Waals surface area contributed by atoms with Gasteiger partial charge in [-0.25, -0.2) is 0 Å². The molecule has 0 bridgehead atoms. The molecular weight excluding hydrogens is 572 g/mol. The number of imide groups is 1. The van der Waals surface area contributed by atoms with Gasteiger partial charge >= 0.3 is 0 Å². The fraction of sp³-hybridized carbons (Fsp3) is 0.400. The molecule has 2 aliphatic heterocycles. The van der Waals surface area contributed by atoms with Crippen molar-refractivity contribution in [2.75, 3.05) is 31.1 Å². The first kappa shape index (κ1) is 33.1. The topological polar surface area (TPSA) is 125 Å². The Morgan fingerprint density at radius 1 is 0.844 bits per heavy atom. The summed E-state index contributed by atoms with van der Waals surface area (Å²) >= 11 is 0. The molecule has 0 radical (unpaired) electrons. The first-order valence-corrected chi connectivity index (χ1v) is 15.1. The predicted molar refractivity (Wildman–Crippen MR) is 170 cm³/mol. The van der Waals surface area contributed by atoms with Crippen molar-refractivity contribution in [2.24, 2.45) is 5.41 Å². The van der Waals surface area contributed by atoms with Crippen molar-refractivity contribution < 1.29 is 28.7 Å². The van der Waals surface area contributed by atoms with Crippen molar-refractivity contribution in [3.63, 3.8) is 0 Å². The number of hydrogen-bond donors (Lipinski definition) is 2. The Morgan fingerprint density at radius 3 is 2.22 bits per heavy atom. The zero-order valence-electron chi connectivity index (χ0n) is 26.3. The van der Waals surface area contributed by atoms with Gasteiger partial charge in [0.1, 0.15) is 0 Å². The Kier molecular flexibility index (Phi) is 10.6. The van der Waals surface area contributed by atoms with Crippen molar-refractivity contribution >= 4 is 35.2 Å². The number of hydrogen-bond acceptors (Lipinski definition) is 6. The number of rotatable bonds is 13. The molecule has 10 heteroatoms. The molecule has 10 nitrogen and oxygen atoms in total. The molecule has 2 N–H and O–H groups in total. The second-order valence-corrected chi connectivity index (χ2v) is 12.4. The van der Waals surface area contributed by atoms with Crippen LogP contribution in [-0.4, -0.2) is 66.3 Å². The Hall–Kier alpha value is -4.75. The fourth-order valence-electron chi connectivity index (χ4n) is 4.83. The van der Waals surface area contributed by atoms with Gasteiger partial charge in [-0.15, -0.1) is 0 Å². The summed E-state index contributed by atoms with van der Waals surface area (Å²) in [6.45, 7) is 8.37. The van der Waals surface area contributed by atoms with Gasteiger partial charge in [0.25, 0.3) is 11.8 Å². The highest BCUT2D eigenvalue weighted by Gasteiger charge is 2.32. The molecule has 0 aliphatic carbocycles. The van der Waals surface area contributed by atoms with E-state index >= 15 is 0 Å². The van der Waals surface area contributed by atoms with Gasteiger partial charge in [-0.2, -0.15) is 0 Å². The zero-order valence-corrected chi connectivity index (χ0v) is 26.3. The van der Waals surface area contributed by atoms with Crippen LogP contribution in [0, 0.1) is 17.3 Å². The molecule has 0 saturated carbocycles. The summed E-state index contributed by atoms with van der Waals surface area (Å²) < 4.78 is 6.08. The molecule has 0 fully saturated rings. The second-order valence-electron chi connectivity index (χ2n) is 12.4. The third-order valence-electron chi connectivity index (χ3n) is 7.75. The van der Waals surface area contributed by atoms with Crippen LogP contribution in [0.5, 0.6) is 0 Å². The summed E-state index contributed by atoms with van der Waals surface area (Å²) in [6, 6.07) is 15.3. The SMILES string of the molecule is CC(C)(CCNC(=O)CCN1C(=O)C=CC1=O)OCC(C)(C)C(=O)NCCC(=O)N1Cc2ccccc2C#Cc2ccccc21. The minimum Gasteiger partial charge on any atom is -0.374 e. The highest BCUT2D eigenvalue weighted by atomic mass is 16.5. The van der Waals surface area contributed by atoms with E-state index in [2.05, 4.69) is 22.5 Å². The summed E-state index contributed by atoms with van der Waals surface area (Å²) in [5.41, 5.74) is 1.87. The van der Waals surface area contributed by atoms with Crippen molar-refractivity contribution in [3.8, 4) is 11.8 Å². The molecular formula is C35H40N4O6. The number of carbonyl (C=O) groups is 5. The van der Waals surface area contributed by atoms with Crippen molar-refractivity contribution in [2.45, 2.75) is 59.1 Å². The van der Waals surface area contributed by atoms with E-state index < -0.39 is 22.8 Å². The van der Waals surface area contributed by atoms with Crippen LogP contribution in [0.15, 0.2) is 60.7 Å². The number of benzene rings is 2. The third kappa shape index (κ3) is 8.89. The molecule has 2 heterocycles. The normalized spacial score (nSPS) is 14.1. The van der Waals surface area contributed by atoms with E-state index in [1.807, 2.05) is 62.4 Å². The van der Waals surface area contributed by atoms with E-state index in [4.69, 9.17) is 4.74 Å². The Morgan fingerprint density at radius 2 is 1.49 bits per heavy atom. The monoisotopic (exact) mass is 612 g/mol. The van der Waals surface area contributed by atoms with E-state index in [1.54, 1.807) is 18.7 Å². The number of amides is 5. The number of fused-ring (bicyclic) bond motifs is 2. The molecule has 4 rings (SSSR count). The van der Waals surface area contributed by atoms with Crippen LogP contribution in [0.4, 0.5) is 5.69 Å². The van der Waals surface area contributed by atoms with Crippen LogP contribution in [0.25, 0.3) is 0 Å². The number of ether oxygens (including phenoxy) is 1. The van der Waals surface area contributed by atoms with Crippen LogP contribution in [0.1, 0.15) is 63.6 Å². The Balaban J connectivity index is 1.21. The van der Waals surface area contributed by atoms with Gasteiger partial charge in [-0.3, -0.25) is 28.9 Å². The van der Waals surface area contributed by atoms with E-state index in [-0.39, 0.29) is 50.3 Å². The van der Waals surface area contributed by atoms with Gasteiger partial charge in [0.05, 0.1) is 29.9 Å². The predicted octanol–water partition coefficient (Wildman–Crippen LogP) is 3.08. The highest BCUT2D eigenvalue weighted by Crippen LogP contribution is 2.26. The Bertz CT molecular complexity index is 1550. The molecule has 0 saturated heterocycles. The molecule has 0 aromatic heterocycles. The molecule has 236 valence electrons. The zero-order chi connectivity index (χ0) is 32.6. The van der Waals surface area contributed by atoms with Crippen molar-refractivity contribution in [3.05, 3.63) is 77.4 Å². The van der Waals surface area contributed by atoms with E-state index in [0.717, 1.165) is 27.3 Å². The Labute approximate surface area is 264 Å². The van der Waals surface area contributed by atoms with Crippen LogP contribution >= 0.6 is 0 Å². The highest BCUT2D eigenvalue weighted by molar-refractivity contribution is 6.13. The van der Waals surface area contributed by atoms with Crippen LogP contribution < -0.4 is 15.5 Å². The first-order chi connectivity index (χ1) is 21.4. The lowest BCUT2D eigenvalue weighted by atomic mass is 9.92. The first-order valence-electron chi connectivity index (χ1n) is 15.1. The summed E-state index contributed by atoms with van der Waals surface area (Å²) in [5.74, 6) is 4.95. The maximum atomic E-state index is 13.4. The molecule has 5 amide bonds. The van der Waals surface area contributed by atoms with Gasteiger partial charge in [0.2, 0.25) is 17.7 Å². The van der Waals surface area contributed by atoms with Gasteiger partial charge < -0.3 is 20.3 Å². The number of para-hydroxylation sites is 1. The third-order valence-corrected chi connectivity index (χ3v) is 7.75. The van der Waals surface area contributed by atoms with Crippen molar-refractivity contribution in [1.29, 1.82) is 0 Å². The molecule has 45 heavy (non-hydrogen) atoms. The average molecular weight is 613 g/mol. The summed E-state index contributed by atoms with van der Waals surface area (Å²) in [4.78, 5) is 64.7. The lowest BCUT2D eigenvalue weighted by Gasteiger charge is -2.31. The lowest BCUT2D eigenvalue weighted by molar-refractivity contribution is -0.138. The minimum absolute atomic E-state index is 0.0157. The molecule has 0 unspecified atom stereocenters. The van der Waals surface area contributed by atoms with Gasteiger partial charge in [-0.1, -0.05) is 42.2 Å². The smallest absolute Gasteiger partial charge is 0.253 e. The van der Waals surface area contributed by atoms with Crippen LogP contribution in [0.2, 0.25) is 0 Å². The van der Waals surface area contributed by atoms with Gasteiger partial charge in [-0.05, 0) is 57.9 Å².